The maximum Gasteiger partial charge on any atom is 0.337 e. The van der Waals surface area contributed by atoms with Gasteiger partial charge in [-0.25, -0.2) is 9.78 Å². The summed E-state index contributed by atoms with van der Waals surface area (Å²) in [6.45, 7) is 2.88. The highest BCUT2D eigenvalue weighted by molar-refractivity contribution is 7.13. The average Bonchev–Trinajstić information content (AvgIpc) is 3.15. The van der Waals surface area contributed by atoms with Crippen LogP contribution in [0.4, 0.5) is 5.13 Å². The van der Waals surface area contributed by atoms with Gasteiger partial charge in [0.1, 0.15) is 0 Å². The fourth-order valence-corrected chi connectivity index (χ4v) is 3.22. The van der Waals surface area contributed by atoms with Crippen LogP contribution >= 0.6 is 11.3 Å². The molecule has 0 saturated carbocycles. The lowest BCUT2D eigenvalue weighted by Gasteiger charge is -2.34. The van der Waals surface area contributed by atoms with Crippen molar-refractivity contribution in [1.29, 1.82) is 0 Å². The lowest BCUT2D eigenvalue weighted by molar-refractivity contribution is 0.0599. The smallest absolute Gasteiger partial charge is 0.337 e. The number of piperazine rings is 1. The lowest BCUT2D eigenvalue weighted by Crippen LogP contribution is -2.48. The number of esters is 1. The standard InChI is InChI=1S/C16H17N3O3S/c1-22-15(21)13-4-2-12(3-5-13)14(20)18-7-9-19(10-8-18)16-17-6-11-23-16/h2-6,11H,7-10H2,1H3. The number of hydrogen-bond acceptors (Lipinski definition) is 6. The van der Waals surface area contributed by atoms with Crippen LogP contribution in [0.5, 0.6) is 0 Å². The summed E-state index contributed by atoms with van der Waals surface area (Å²) in [5, 5.41) is 2.95. The fraction of sp³-hybridized carbons (Fsp3) is 0.312. The molecule has 23 heavy (non-hydrogen) atoms. The number of thiazole rings is 1. The SMILES string of the molecule is COC(=O)c1ccc(C(=O)N2CCN(c3nccs3)CC2)cc1. The van der Waals surface area contributed by atoms with Crippen molar-refractivity contribution >= 4 is 28.3 Å². The zero-order chi connectivity index (χ0) is 16.2. The number of methoxy groups -OCH3 is 1. The highest BCUT2D eigenvalue weighted by Gasteiger charge is 2.23. The van der Waals surface area contributed by atoms with Crippen LogP contribution in [-0.4, -0.2) is 55.0 Å². The van der Waals surface area contributed by atoms with Crippen molar-refractivity contribution in [2.45, 2.75) is 0 Å². The van der Waals surface area contributed by atoms with Crippen LogP contribution in [0.3, 0.4) is 0 Å². The number of aromatic nitrogens is 1. The minimum Gasteiger partial charge on any atom is -0.465 e. The average molecular weight is 331 g/mol. The molecule has 0 spiro atoms. The number of ether oxygens (including phenoxy) is 1. The molecule has 0 atom stereocenters. The van der Waals surface area contributed by atoms with E-state index in [1.807, 2.05) is 10.3 Å². The van der Waals surface area contributed by atoms with E-state index in [4.69, 9.17) is 0 Å². The monoisotopic (exact) mass is 331 g/mol. The summed E-state index contributed by atoms with van der Waals surface area (Å²) >= 11 is 1.61. The van der Waals surface area contributed by atoms with Crippen LogP contribution < -0.4 is 4.90 Å². The van der Waals surface area contributed by atoms with E-state index in [0.29, 0.717) is 24.2 Å². The van der Waals surface area contributed by atoms with Crippen LogP contribution in [-0.2, 0) is 4.74 Å². The molecule has 3 rings (SSSR count). The summed E-state index contributed by atoms with van der Waals surface area (Å²) in [6, 6.07) is 6.57. The van der Waals surface area contributed by atoms with E-state index in [1.165, 1.54) is 7.11 Å². The first kappa shape index (κ1) is 15.5. The molecule has 1 saturated heterocycles. The fourth-order valence-electron chi connectivity index (χ4n) is 2.52. The second-order valence-electron chi connectivity index (χ2n) is 5.16. The predicted molar refractivity (Wildman–Crippen MR) is 88.0 cm³/mol. The van der Waals surface area contributed by atoms with E-state index >= 15 is 0 Å². The molecule has 1 aromatic carbocycles. The largest absolute Gasteiger partial charge is 0.465 e. The predicted octanol–water partition coefficient (Wildman–Crippen LogP) is 1.89. The first-order valence-corrected chi connectivity index (χ1v) is 8.19. The van der Waals surface area contributed by atoms with Crippen molar-refractivity contribution in [3.05, 3.63) is 47.0 Å². The summed E-state index contributed by atoms with van der Waals surface area (Å²) in [5.74, 6) is -0.415. The topological polar surface area (TPSA) is 62.7 Å². The number of carbonyl (C=O) groups excluding carboxylic acids is 2. The Kier molecular flexibility index (Phi) is 4.57. The molecule has 2 aromatic rings. The maximum absolute atomic E-state index is 12.5. The molecular weight excluding hydrogens is 314 g/mol. The third-order valence-electron chi connectivity index (χ3n) is 3.81. The highest BCUT2D eigenvalue weighted by atomic mass is 32.1. The van der Waals surface area contributed by atoms with Gasteiger partial charge >= 0.3 is 5.97 Å². The van der Waals surface area contributed by atoms with E-state index in [1.54, 1.807) is 41.8 Å². The molecular formula is C16H17N3O3S. The van der Waals surface area contributed by atoms with Crippen LogP contribution in [0.15, 0.2) is 35.8 Å². The Balaban J connectivity index is 1.62. The van der Waals surface area contributed by atoms with Crippen molar-refractivity contribution in [1.82, 2.24) is 9.88 Å². The molecule has 1 aromatic heterocycles. The first-order valence-electron chi connectivity index (χ1n) is 7.31. The summed E-state index contributed by atoms with van der Waals surface area (Å²) in [5.41, 5.74) is 1.03. The van der Waals surface area contributed by atoms with E-state index in [0.717, 1.165) is 18.2 Å². The minimum absolute atomic E-state index is 0.0137. The molecule has 0 aliphatic carbocycles. The molecule has 0 unspecified atom stereocenters. The lowest BCUT2D eigenvalue weighted by atomic mass is 10.1. The van der Waals surface area contributed by atoms with Gasteiger partial charge in [-0.2, -0.15) is 0 Å². The van der Waals surface area contributed by atoms with Gasteiger partial charge in [0.15, 0.2) is 5.13 Å². The van der Waals surface area contributed by atoms with Gasteiger partial charge in [-0.1, -0.05) is 0 Å². The summed E-state index contributed by atoms with van der Waals surface area (Å²) in [6.07, 6.45) is 1.79. The van der Waals surface area contributed by atoms with E-state index in [2.05, 4.69) is 14.6 Å². The Morgan fingerprint density at radius 2 is 1.74 bits per heavy atom. The number of nitrogens with zero attached hydrogens (tertiary/aromatic N) is 3. The number of rotatable bonds is 3. The van der Waals surface area contributed by atoms with Gasteiger partial charge in [0.05, 0.1) is 12.7 Å². The van der Waals surface area contributed by atoms with Gasteiger partial charge in [-0.05, 0) is 24.3 Å². The molecule has 0 radical (unpaired) electrons. The van der Waals surface area contributed by atoms with Crippen molar-refractivity contribution < 1.29 is 14.3 Å². The van der Waals surface area contributed by atoms with Crippen molar-refractivity contribution in [2.75, 3.05) is 38.2 Å². The normalized spacial score (nSPS) is 14.7. The van der Waals surface area contributed by atoms with Crippen LogP contribution in [0.1, 0.15) is 20.7 Å². The Morgan fingerprint density at radius 3 is 2.30 bits per heavy atom. The summed E-state index contributed by atoms with van der Waals surface area (Å²) in [7, 11) is 1.34. The van der Waals surface area contributed by atoms with E-state index < -0.39 is 5.97 Å². The Bertz CT molecular complexity index is 677. The second kappa shape index (κ2) is 6.78. The van der Waals surface area contributed by atoms with Gasteiger partial charge in [0.2, 0.25) is 0 Å². The molecule has 1 aliphatic heterocycles. The summed E-state index contributed by atoms with van der Waals surface area (Å²) in [4.78, 5) is 32.3. The summed E-state index contributed by atoms with van der Waals surface area (Å²) < 4.78 is 4.66. The van der Waals surface area contributed by atoms with E-state index in [-0.39, 0.29) is 5.91 Å². The van der Waals surface area contributed by atoms with Crippen molar-refractivity contribution in [2.24, 2.45) is 0 Å². The molecule has 0 N–H and O–H groups in total. The molecule has 1 aliphatic rings. The molecule has 2 heterocycles. The van der Waals surface area contributed by atoms with Crippen molar-refractivity contribution in [3.63, 3.8) is 0 Å². The van der Waals surface area contributed by atoms with Crippen LogP contribution in [0.2, 0.25) is 0 Å². The quantitative estimate of drug-likeness (QED) is 0.804. The zero-order valence-electron chi connectivity index (χ0n) is 12.8. The highest BCUT2D eigenvalue weighted by Crippen LogP contribution is 2.19. The molecule has 1 fully saturated rings. The third kappa shape index (κ3) is 3.34. The van der Waals surface area contributed by atoms with Gasteiger partial charge in [-0.3, -0.25) is 4.79 Å². The number of amides is 1. The number of benzene rings is 1. The number of hydrogen-bond donors (Lipinski definition) is 0. The minimum atomic E-state index is -0.402. The van der Waals surface area contributed by atoms with E-state index in [9.17, 15) is 9.59 Å². The van der Waals surface area contributed by atoms with Crippen molar-refractivity contribution in [3.8, 4) is 0 Å². The number of carbonyl (C=O) groups is 2. The van der Waals surface area contributed by atoms with Crippen LogP contribution in [0, 0.1) is 0 Å². The molecule has 6 nitrogen and oxygen atoms in total. The maximum atomic E-state index is 12.5. The molecule has 0 bridgehead atoms. The molecule has 1 amide bonds. The molecule has 7 heteroatoms. The Morgan fingerprint density at radius 1 is 1.09 bits per heavy atom. The van der Waals surface area contributed by atoms with Crippen LogP contribution in [0.25, 0.3) is 0 Å². The van der Waals surface area contributed by atoms with Gasteiger partial charge in [0, 0.05) is 43.3 Å². The first-order chi connectivity index (χ1) is 11.2. The van der Waals surface area contributed by atoms with Gasteiger partial charge < -0.3 is 14.5 Å². The van der Waals surface area contributed by atoms with Gasteiger partial charge in [-0.15, -0.1) is 11.3 Å². The second-order valence-corrected chi connectivity index (χ2v) is 6.04. The van der Waals surface area contributed by atoms with Gasteiger partial charge in [0.25, 0.3) is 5.91 Å². The molecule has 120 valence electrons. The zero-order valence-corrected chi connectivity index (χ0v) is 13.6. The number of anilines is 1. The Labute approximate surface area is 138 Å². The Hall–Kier alpha value is -2.41. The third-order valence-corrected chi connectivity index (χ3v) is 4.64.